The number of carbonyl (C=O) groups is 2. The van der Waals surface area contributed by atoms with Gasteiger partial charge in [0.15, 0.2) is 0 Å². The lowest BCUT2D eigenvalue weighted by molar-refractivity contribution is 0.0589. The Balaban J connectivity index is 1.75. The highest BCUT2D eigenvalue weighted by Crippen LogP contribution is 2.42. The first kappa shape index (κ1) is 34.1. The van der Waals surface area contributed by atoms with Crippen LogP contribution in [0.5, 0.6) is 17.2 Å². The first-order valence-corrected chi connectivity index (χ1v) is 15.7. The maximum atomic E-state index is 14.5. The van der Waals surface area contributed by atoms with E-state index in [4.69, 9.17) is 23.7 Å². The van der Waals surface area contributed by atoms with Gasteiger partial charge in [0, 0.05) is 16.9 Å². The number of hydrogen-bond donors (Lipinski definition) is 1. The molecule has 1 N–H and O–H groups in total. The number of nitrogens with zero attached hydrogens (tertiary/aromatic N) is 1. The Labute approximate surface area is 286 Å². The van der Waals surface area contributed by atoms with Crippen molar-refractivity contribution < 1.29 is 33.3 Å². The van der Waals surface area contributed by atoms with Crippen LogP contribution >= 0.6 is 15.9 Å². The molecule has 0 atom stereocenters. The molecule has 4 aromatic carbocycles. The summed E-state index contributed by atoms with van der Waals surface area (Å²) >= 11 is 3.52. The number of esters is 1. The minimum absolute atomic E-state index is 0.0211. The van der Waals surface area contributed by atoms with Crippen LogP contribution in [-0.4, -0.2) is 43.6 Å². The predicted octanol–water partition coefficient (Wildman–Crippen LogP) is 8.15. The van der Waals surface area contributed by atoms with Crippen molar-refractivity contribution in [2.45, 2.75) is 33.0 Å². The fourth-order valence-corrected chi connectivity index (χ4v) is 5.72. The lowest BCUT2D eigenvalue weighted by Gasteiger charge is -2.21. The smallest absolute Gasteiger partial charge is 0.412 e. The highest BCUT2D eigenvalue weighted by atomic mass is 79.9. The molecule has 0 aliphatic rings. The van der Waals surface area contributed by atoms with Crippen LogP contribution in [0.15, 0.2) is 94.2 Å². The molecule has 0 aliphatic carbocycles. The van der Waals surface area contributed by atoms with Crippen molar-refractivity contribution in [2.24, 2.45) is 0 Å². The quantitative estimate of drug-likeness (QED) is 0.152. The summed E-state index contributed by atoms with van der Waals surface area (Å²) in [5, 5.41) is 3.46. The fourth-order valence-electron chi connectivity index (χ4n) is 5.17. The van der Waals surface area contributed by atoms with E-state index in [2.05, 4.69) is 21.2 Å². The van der Waals surface area contributed by atoms with Crippen molar-refractivity contribution in [2.75, 3.05) is 26.6 Å². The number of amides is 1. The van der Waals surface area contributed by atoms with Crippen molar-refractivity contribution in [3.8, 4) is 34.1 Å². The second-order valence-corrected chi connectivity index (χ2v) is 12.5. The number of benzene rings is 4. The summed E-state index contributed by atoms with van der Waals surface area (Å²) < 4.78 is 29.8. The molecule has 10 nitrogen and oxygen atoms in total. The molecule has 11 heteroatoms. The van der Waals surface area contributed by atoms with Crippen molar-refractivity contribution in [1.29, 1.82) is 0 Å². The molecule has 5 aromatic rings. The van der Waals surface area contributed by atoms with Gasteiger partial charge in [-0.25, -0.2) is 9.59 Å². The van der Waals surface area contributed by atoms with Gasteiger partial charge in [-0.3, -0.25) is 14.7 Å². The van der Waals surface area contributed by atoms with E-state index in [0.29, 0.717) is 61.6 Å². The van der Waals surface area contributed by atoms with Crippen LogP contribution in [0.1, 0.15) is 36.8 Å². The molecule has 1 aromatic heterocycles. The zero-order valence-corrected chi connectivity index (χ0v) is 29.0. The molecule has 0 saturated heterocycles. The molecule has 1 heterocycles. The summed E-state index contributed by atoms with van der Waals surface area (Å²) in [4.78, 5) is 40.5. The fraction of sp³-hybridized carbons (Fsp3) is 0.216. The molecule has 0 fully saturated rings. The van der Waals surface area contributed by atoms with E-state index in [-0.39, 0.29) is 5.69 Å². The van der Waals surface area contributed by atoms with Crippen molar-refractivity contribution >= 4 is 44.5 Å². The number of nitrogens with one attached hydrogen (secondary N) is 1. The minimum atomic E-state index is -0.745. The highest BCUT2D eigenvalue weighted by molar-refractivity contribution is 9.10. The Morgan fingerprint density at radius 3 is 2.06 bits per heavy atom. The summed E-state index contributed by atoms with van der Waals surface area (Å²) in [6.45, 7) is 5.59. The average molecular weight is 716 g/mol. The van der Waals surface area contributed by atoms with Gasteiger partial charge in [0.25, 0.3) is 5.56 Å². The minimum Gasteiger partial charge on any atom is -0.495 e. The summed E-state index contributed by atoms with van der Waals surface area (Å²) in [7, 11) is 4.29. The SMILES string of the molecule is COC(=O)c1c(-c2cc(OC)c(Br)c(OC)c2)c2ccc(OCc3ccccc3)cc2c(=O)n1-c1ccc(NC(=O)OC(C)(C)C)cc1. The number of fused-ring (bicyclic) bond motifs is 1. The van der Waals surface area contributed by atoms with Gasteiger partial charge in [0.2, 0.25) is 0 Å². The molecule has 1 amide bonds. The Bertz CT molecular complexity index is 2010. The Hall–Kier alpha value is -5.29. The lowest BCUT2D eigenvalue weighted by Crippen LogP contribution is -2.27. The molecule has 0 spiro atoms. The maximum Gasteiger partial charge on any atom is 0.412 e. The third kappa shape index (κ3) is 7.31. The molecule has 0 aliphatic heterocycles. The number of pyridine rings is 1. The first-order chi connectivity index (χ1) is 22.9. The largest absolute Gasteiger partial charge is 0.495 e. The van der Waals surface area contributed by atoms with Crippen molar-refractivity contribution in [1.82, 2.24) is 4.57 Å². The van der Waals surface area contributed by atoms with E-state index in [0.717, 1.165) is 5.56 Å². The summed E-state index contributed by atoms with van der Waals surface area (Å²) in [5.74, 6) is 0.623. The molecular weight excluding hydrogens is 680 g/mol. The zero-order valence-electron chi connectivity index (χ0n) is 27.4. The normalized spacial score (nSPS) is 11.1. The standard InChI is InChI=1S/C37H35BrN2O8/c1-37(2,3)48-36(43)39-24-12-14-25(15-13-24)40-33(35(42)46-6)31(23-18-29(44-4)32(38)30(19-23)45-5)27-17-16-26(20-28(27)34(40)41)47-21-22-10-8-7-9-11-22/h7-20H,21H2,1-6H3,(H,39,43). The number of carbonyl (C=O) groups excluding carboxylic acids is 2. The second kappa shape index (κ2) is 14.2. The highest BCUT2D eigenvalue weighted by Gasteiger charge is 2.27. The molecule has 0 bridgehead atoms. The van der Waals surface area contributed by atoms with Gasteiger partial charge in [0.1, 0.15) is 39.6 Å². The zero-order chi connectivity index (χ0) is 34.6. The third-order valence-electron chi connectivity index (χ3n) is 7.29. The van der Waals surface area contributed by atoms with E-state index in [9.17, 15) is 14.4 Å². The number of halogens is 1. The van der Waals surface area contributed by atoms with Gasteiger partial charge in [-0.2, -0.15) is 0 Å². The molecule has 0 saturated carbocycles. The number of anilines is 1. The molecule has 0 unspecified atom stereocenters. The monoisotopic (exact) mass is 714 g/mol. The molecule has 0 radical (unpaired) electrons. The number of aromatic nitrogens is 1. The van der Waals surface area contributed by atoms with Crippen LogP contribution in [0.3, 0.4) is 0 Å². The Morgan fingerprint density at radius 1 is 0.833 bits per heavy atom. The number of hydrogen-bond acceptors (Lipinski definition) is 8. The van der Waals surface area contributed by atoms with Crippen molar-refractivity contribution in [3.63, 3.8) is 0 Å². The predicted molar refractivity (Wildman–Crippen MR) is 188 cm³/mol. The molecular formula is C37H35BrN2O8. The number of ether oxygens (including phenoxy) is 5. The topological polar surface area (TPSA) is 114 Å². The number of methoxy groups -OCH3 is 3. The average Bonchev–Trinajstić information content (AvgIpc) is 3.07. The maximum absolute atomic E-state index is 14.5. The van der Waals surface area contributed by atoms with Gasteiger partial charge < -0.3 is 23.7 Å². The van der Waals surface area contributed by atoms with Crippen LogP contribution in [0.2, 0.25) is 0 Å². The van der Waals surface area contributed by atoms with Crippen LogP contribution in [0.25, 0.3) is 27.6 Å². The Morgan fingerprint density at radius 2 is 1.48 bits per heavy atom. The van der Waals surface area contributed by atoms with E-state index >= 15 is 0 Å². The van der Waals surface area contributed by atoms with Gasteiger partial charge in [0.05, 0.1) is 26.7 Å². The van der Waals surface area contributed by atoms with Crippen LogP contribution < -0.4 is 25.1 Å². The molecule has 248 valence electrons. The number of rotatable bonds is 9. The van der Waals surface area contributed by atoms with E-state index in [1.807, 2.05) is 30.3 Å². The van der Waals surface area contributed by atoms with Gasteiger partial charge in [-0.1, -0.05) is 30.3 Å². The molecule has 5 rings (SSSR count). The van der Waals surface area contributed by atoms with Crippen molar-refractivity contribution in [3.05, 3.63) is 111 Å². The van der Waals surface area contributed by atoms with Gasteiger partial charge >= 0.3 is 12.1 Å². The first-order valence-electron chi connectivity index (χ1n) is 14.9. The van der Waals surface area contributed by atoms with E-state index < -0.39 is 23.2 Å². The summed E-state index contributed by atoms with van der Waals surface area (Å²) in [6, 6.07) is 24.8. The van der Waals surface area contributed by atoms with Gasteiger partial charge in [-0.15, -0.1) is 0 Å². The van der Waals surface area contributed by atoms with Gasteiger partial charge in [-0.05, 0) is 108 Å². The summed E-state index contributed by atoms with van der Waals surface area (Å²) in [5.41, 5.74) is 1.50. The van der Waals surface area contributed by atoms with Crippen LogP contribution in [-0.2, 0) is 16.1 Å². The Kier molecular flexibility index (Phi) is 10.1. The molecule has 48 heavy (non-hydrogen) atoms. The van der Waals surface area contributed by atoms with E-state index in [1.54, 1.807) is 75.4 Å². The lowest BCUT2D eigenvalue weighted by atomic mass is 9.95. The van der Waals surface area contributed by atoms with Crippen LogP contribution in [0, 0.1) is 0 Å². The summed E-state index contributed by atoms with van der Waals surface area (Å²) in [6.07, 6.45) is -0.628. The third-order valence-corrected chi connectivity index (χ3v) is 8.07. The van der Waals surface area contributed by atoms with Crippen LogP contribution in [0.4, 0.5) is 10.5 Å². The van der Waals surface area contributed by atoms with E-state index in [1.165, 1.54) is 25.9 Å². The second-order valence-electron chi connectivity index (χ2n) is 11.7.